The average molecular weight is 120 g/mol. The predicted octanol–water partition coefficient (Wildman–Crippen LogP) is -2.72. The van der Waals surface area contributed by atoms with Gasteiger partial charge in [-0.15, -0.1) is 0 Å². The van der Waals surface area contributed by atoms with E-state index in [1.807, 2.05) is 0 Å². The Balaban J connectivity index is 0. The van der Waals surface area contributed by atoms with Gasteiger partial charge < -0.3 is 15.0 Å². The predicted molar refractivity (Wildman–Crippen MR) is 6.79 cm³/mol. The Labute approximate surface area is 38.8 Å². The van der Waals surface area contributed by atoms with Crippen molar-refractivity contribution in [3.8, 4) is 0 Å². The van der Waals surface area contributed by atoms with Crippen molar-refractivity contribution in [3.63, 3.8) is 0 Å². The van der Waals surface area contributed by atoms with Crippen molar-refractivity contribution in [1.82, 2.24) is 0 Å². The van der Waals surface area contributed by atoms with Crippen LogP contribution in [0.3, 0.4) is 0 Å². The van der Waals surface area contributed by atoms with Gasteiger partial charge in [-0.1, -0.05) is 0 Å². The van der Waals surface area contributed by atoms with Crippen LogP contribution in [0, 0.1) is 0 Å². The fraction of sp³-hybridized carbons (Fsp3) is 0. The maximum atomic E-state index is 8.33. The third-order valence-electron chi connectivity index (χ3n) is 0. The Morgan fingerprint density at radius 2 is 1.40 bits per heavy atom. The molecule has 0 heterocycles. The quantitative estimate of drug-likeness (QED) is 0.349. The Hall–Kier alpha value is -0.224. The van der Waals surface area contributed by atoms with Gasteiger partial charge in [-0.3, -0.25) is 0 Å². The van der Waals surface area contributed by atoms with Crippen LogP contribution in [0.15, 0.2) is 0 Å². The van der Waals surface area contributed by atoms with Crippen LogP contribution in [0.1, 0.15) is 0 Å². The standard InChI is InChI=1S/CH2O3.Co.H/c2-1(3)4;;/h(H2,2,3,4);;/q;+2;/p-2. The van der Waals surface area contributed by atoms with E-state index < -0.39 is 6.16 Å². The molecule has 0 aliphatic heterocycles. The first-order valence-corrected chi connectivity index (χ1v) is 0.612. The molecule has 0 aliphatic rings. The number of hydrogen-bond acceptors (Lipinski definition) is 3. The Morgan fingerprint density at radius 3 is 1.40 bits per heavy atom. The van der Waals surface area contributed by atoms with E-state index in [1.165, 1.54) is 0 Å². The number of hydrogen-bond donors (Lipinski definition) is 0. The Morgan fingerprint density at radius 1 is 1.40 bits per heavy atom. The summed E-state index contributed by atoms with van der Waals surface area (Å²) in [5.74, 6) is 0. The summed E-state index contributed by atoms with van der Waals surface area (Å²) >= 11 is 0. The number of carbonyl (C=O) groups is 1. The first-order chi connectivity index (χ1) is 1.73. The second kappa shape index (κ2) is 3.78. The summed E-state index contributed by atoms with van der Waals surface area (Å²) in [6, 6.07) is 0. The molecule has 32 valence electrons. The number of carboxylic acid groups (broad SMARTS) is 2. The first kappa shape index (κ1) is 8.84. The summed E-state index contributed by atoms with van der Waals surface area (Å²) in [6.07, 6.45) is -2.33. The number of rotatable bonds is 0. The molecule has 0 spiro atoms. The van der Waals surface area contributed by atoms with Crippen LogP contribution >= 0.6 is 0 Å². The van der Waals surface area contributed by atoms with Crippen molar-refractivity contribution in [3.05, 3.63) is 0 Å². The van der Waals surface area contributed by atoms with Crippen LogP contribution in [0.5, 0.6) is 0 Å². The zero-order valence-electron chi connectivity index (χ0n) is 2.08. The second-order valence-electron chi connectivity index (χ2n) is 0.250. The zero-order valence-corrected chi connectivity index (χ0v) is 3.18. The van der Waals surface area contributed by atoms with Gasteiger partial charge in [0, 0.05) is 0 Å². The van der Waals surface area contributed by atoms with E-state index in [4.69, 9.17) is 15.0 Å². The minimum atomic E-state index is -2.33. The molecular formula is CHCoO3. The van der Waals surface area contributed by atoms with Crippen molar-refractivity contribution in [2.45, 2.75) is 0 Å². The summed E-state index contributed by atoms with van der Waals surface area (Å²) in [5, 5.41) is 16.7. The van der Waals surface area contributed by atoms with E-state index in [9.17, 15) is 0 Å². The molecule has 0 aromatic rings. The molecule has 5 heavy (non-hydrogen) atoms. The average Bonchev–Trinajstić information content (AvgIpc) is 0.811. The topological polar surface area (TPSA) is 63.2 Å². The molecule has 4 heteroatoms. The van der Waals surface area contributed by atoms with Gasteiger partial charge in [0.15, 0.2) is 0 Å². The van der Waals surface area contributed by atoms with Crippen molar-refractivity contribution in [2.24, 2.45) is 0 Å². The van der Waals surface area contributed by atoms with Crippen LogP contribution < -0.4 is 10.2 Å². The summed E-state index contributed by atoms with van der Waals surface area (Å²) in [7, 11) is 0. The SMILES string of the molecule is O=C([O-])[O-].[CoH+2]. The summed E-state index contributed by atoms with van der Waals surface area (Å²) < 4.78 is 0. The zero-order chi connectivity index (χ0) is 3.58. The third-order valence-corrected chi connectivity index (χ3v) is 0. The number of carbonyl (C=O) groups excluding carboxylic acids is 1. The van der Waals surface area contributed by atoms with Gasteiger partial charge in [-0.2, -0.15) is 0 Å². The molecule has 0 saturated carbocycles. The molecule has 0 aromatic heterocycles. The van der Waals surface area contributed by atoms with Gasteiger partial charge in [-0.05, 0) is 6.16 Å². The normalized spacial score (nSPS) is 4.80. The molecule has 3 nitrogen and oxygen atoms in total. The van der Waals surface area contributed by atoms with Gasteiger partial charge in [0.2, 0.25) is 0 Å². The molecule has 0 fully saturated rings. The molecule has 0 N–H and O–H groups in total. The van der Waals surface area contributed by atoms with Crippen molar-refractivity contribution in [2.75, 3.05) is 0 Å². The van der Waals surface area contributed by atoms with Gasteiger partial charge in [0.25, 0.3) is 0 Å². The van der Waals surface area contributed by atoms with Crippen LogP contribution in [0.4, 0.5) is 4.79 Å². The van der Waals surface area contributed by atoms with E-state index in [2.05, 4.69) is 0 Å². The molecule has 0 amide bonds. The first-order valence-electron chi connectivity index (χ1n) is 0.612. The molecular weight excluding hydrogens is 119 g/mol. The summed E-state index contributed by atoms with van der Waals surface area (Å²) in [4.78, 5) is 8.33. The minimum absolute atomic E-state index is 0. The van der Waals surface area contributed by atoms with Crippen molar-refractivity contribution < 1.29 is 31.8 Å². The summed E-state index contributed by atoms with van der Waals surface area (Å²) in [5.41, 5.74) is 0. The second-order valence-corrected chi connectivity index (χ2v) is 0.250. The van der Waals surface area contributed by atoms with Gasteiger partial charge in [0.1, 0.15) is 0 Å². The van der Waals surface area contributed by atoms with Gasteiger partial charge in [0.05, 0.1) is 0 Å². The van der Waals surface area contributed by atoms with Gasteiger partial charge >= 0.3 is 16.8 Å². The monoisotopic (exact) mass is 120 g/mol. The molecule has 0 atom stereocenters. The van der Waals surface area contributed by atoms with Crippen LogP contribution in [-0.4, -0.2) is 6.16 Å². The molecule has 0 unspecified atom stereocenters. The third kappa shape index (κ3) is 239. The molecule has 0 aromatic carbocycles. The van der Waals surface area contributed by atoms with Crippen molar-refractivity contribution >= 4 is 6.16 Å². The molecule has 0 rings (SSSR count). The van der Waals surface area contributed by atoms with Crippen LogP contribution in [-0.2, 0) is 16.8 Å². The molecule has 0 bridgehead atoms. The van der Waals surface area contributed by atoms with E-state index in [1.54, 1.807) is 0 Å². The van der Waals surface area contributed by atoms with Crippen LogP contribution in [0.25, 0.3) is 0 Å². The van der Waals surface area contributed by atoms with E-state index in [-0.39, 0.29) is 16.8 Å². The van der Waals surface area contributed by atoms with Gasteiger partial charge in [-0.25, -0.2) is 0 Å². The molecule has 0 saturated heterocycles. The fourth-order valence-electron chi connectivity index (χ4n) is 0. The Kier molecular flexibility index (Phi) is 6.67. The Bertz CT molecular complexity index is 29.9. The van der Waals surface area contributed by atoms with E-state index in [0.29, 0.717) is 0 Å². The van der Waals surface area contributed by atoms with Crippen LogP contribution in [0.2, 0.25) is 0 Å². The summed E-state index contributed by atoms with van der Waals surface area (Å²) in [6.45, 7) is 0. The van der Waals surface area contributed by atoms with E-state index >= 15 is 0 Å². The van der Waals surface area contributed by atoms with Crippen molar-refractivity contribution in [1.29, 1.82) is 0 Å². The fourth-order valence-corrected chi connectivity index (χ4v) is 0. The molecule has 1 radical (unpaired) electrons. The maximum absolute atomic E-state index is 8.33. The molecule has 0 aliphatic carbocycles. The van der Waals surface area contributed by atoms with E-state index in [0.717, 1.165) is 0 Å².